The van der Waals surface area contributed by atoms with Gasteiger partial charge in [0.2, 0.25) is 10.0 Å². The van der Waals surface area contributed by atoms with Crippen LogP contribution in [0.3, 0.4) is 0 Å². The third-order valence-electron chi connectivity index (χ3n) is 1.96. The maximum absolute atomic E-state index is 10.8. The Balaban J connectivity index is 2.71. The quantitative estimate of drug-likeness (QED) is 0.646. The second-order valence-electron chi connectivity index (χ2n) is 2.67. The smallest absolute Gasteiger partial charge is 0.214 e. The average molecular weight is 184 g/mol. The van der Waals surface area contributed by atoms with E-state index < -0.39 is 14.8 Å². The van der Waals surface area contributed by atoms with Crippen molar-refractivity contribution in [1.82, 2.24) is 0 Å². The predicted octanol–water partition coefficient (Wildman–Crippen LogP) is 0.436. The second-order valence-corrected chi connectivity index (χ2v) is 5.00. The molecule has 0 aromatic heterocycles. The SMILES string of the molecule is NS(=O)(=O)C1(CCCl)CC1. The number of rotatable bonds is 3. The number of halogens is 1. The van der Waals surface area contributed by atoms with Crippen LogP contribution in [0.15, 0.2) is 0 Å². The maximum atomic E-state index is 10.8. The zero-order valence-corrected chi connectivity index (χ0v) is 7.08. The van der Waals surface area contributed by atoms with E-state index in [9.17, 15) is 8.42 Å². The lowest BCUT2D eigenvalue weighted by atomic mass is 10.3. The highest BCUT2D eigenvalue weighted by Crippen LogP contribution is 2.45. The number of alkyl halides is 1. The molecule has 0 aromatic rings. The minimum atomic E-state index is -3.34. The van der Waals surface area contributed by atoms with Crippen molar-refractivity contribution in [3.05, 3.63) is 0 Å². The van der Waals surface area contributed by atoms with Gasteiger partial charge in [0.25, 0.3) is 0 Å². The molecular formula is C5H10ClNO2S. The third-order valence-corrected chi connectivity index (χ3v) is 3.97. The van der Waals surface area contributed by atoms with Crippen molar-refractivity contribution in [2.45, 2.75) is 24.0 Å². The maximum Gasteiger partial charge on any atom is 0.214 e. The van der Waals surface area contributed by atoms with E-state index in [0.29, 0.717) is 25.1 Å². The Kier molecular flexibility index (Phi) is 1.96. The molecule has 0 aromatic carbocycles. The monoisotopic (exact) mass is 183 g/mol. The molecule has 0 bridgehead atoms. The van der Waals surface area contributed by atoms with Crippen LogP contribution in [0, 0.1) is 0 Å². The van der Waals surface area contributed by atoms with Crippen LogP contribution in [-0.2, 0) is 10.0 Å². The Morgan fingerprint density at radius 2 is 2.00 bits per heavy atom. The Bertz CT molecular complexity index is 220. The van der Waals surface area contributed by atoms with E-state index in [2.05, 4.69) is 0 Å². The van der Waals surface area contributed by atoms with Crippen LogP contribution in [0.2, 0.25) is 0 Å². The zero-order valence-electron chi connectivity index (χ0n) is 5.51. The Labute approximate surface area is 65.6 Å². The predicted molar refractivity (Wildman–Crippen MR) is 40.4 cm³/mol. The first kappa shape index (κ1) is 8.30. The van der Waals surface area contributed by atoms with E-state index in [1.807, 2.05) is 0 Å². The molecule has 1 aliphatic rings. The van der Waals surface area contributed by atoms with E-state index in [1.54, 1.807) is 0 Å². The summed E-state index contributed by atoms with van der Waals surface area (Å²) in [5.74, 6) is 0.371. The molecule has 5 heteroatoms. The number of sulfonamides is 1. The molecule has 1 saturated carbocycles. The highest BCUT2D eigenvalue weighted by molar-refractivity contribution is 7.90. The molecule has 0 atom stereocenters. The van der Waals surface area contributed by atoms with Gasteiger partial charge in [-0.05, 0) is 19.3 Å². The van der Waals surface area contributed by atoms with Gasteiger partial charge in [0, 0.05) is 5.88 Å². The Hall–Kier alpha value is 0.200. The molecule has 3 nitrogen and oxygen atoms in total. The van der Waals surface area contributed by atoms with Gasteiger partial charge in [-0.2, -0.15) is 0 Å². The summed E-state index contributed by atoms with van der Waals surface area (Å²) < 4.78 is 21.0. The molecular weight excluding hydrogens is 174 g/mol. The van der Waals surface area contributed by atoms with Crippen LogP contribution in [-0.4, -0.2) is 19.0 Å². The summed E-state index contributed by atoms with van der Waals surface area (Å²) in [5, 5.41) is 4.98. The van der Waals surface area contributed by atoms with E-state index in [-0.39, 0.29) is 0 Å². The van der Waals surface area contributed by atoms with Gasteiger partial charge >= 0.3 is 0 Å². The van der Waals surface area contributed by atoms with Crippen molar-refractivity contribution < 1.29 is 8.42 Å². The standard InChI is InChI=1S/C5H10ClNO2S/c6-4-3-5(1-2-5)10(7,8)9/h1-4H2,(H2,7,8,9). The first-order chi connectivity index (χ1) is 4.52. The van der Waals surface area contributed by atoms with E-state index >= 15 is 0 Å². The molecule has 1 fully saturated rings. The first-order valence-electron chi connectivity index (χ1n) is 3.10. The summed E-state index contributed by atoms with van der Waals surface area (Å²) in [5.41, 5.74) is 0. The highest BCUT2D eigenvalue weighted by Gasteiger charge is 2.51. The highest BCUT2D eigenvalue weighted by atomic mass is 35.5. The summed E-state index contributed by atoms with van der Waals surface area (Å²) in [6.45, 7) is 0. The number of nitrogens with two attached hydrogens (primary N) is 1. The summed E-state index contributed by atoms with van der Waals surface area (Å²) >= 11 is 5.41. The molecule has 60 valence electrons. The fourth-order valence-electron chi connectivity index (χ4n) is 0.988. The van der Waals surface area contributed by atoms with Crippen LogP contribution in [0.5, 0.6) is 0 Å². The fourth-order valence-corrected chi connectivity index (χ4v) is 2.52. The number of primary sulfonamides is 1. The van der Waals surface area contributed by atoms with Gasteiger partial charge < -0.3 is 0 Å². The minimum Gasteiger partial charge on any atom is -0.228 e. The van der Waals surface area contributed by atoms with Crippen molar-refractivity contribution in [2.24, 2.45) is 5.14 Å². The van der Waals surface area contributed by atoms with Crippen LogP contribution < -0.4 is 5.14 Å². The molecule has 0 heterocycles. The lowest BCUT2D eigenvalue weighted by Gasteiger charge is -2.08. The summed E-state index contributed by atoms with van der Waals surface area (Å²) in [7, 11) is -3.34. The van der Waals surface area contributed by atoms with Gasteiger partial charge in [0.05, 0.1) is 4.75 Å². The molecule has 10 heavy (non-hydrogen) atoms. The van der Waals surface area contributed by atoms with Gasteiger partial charge in [0.15, 0.2) is 0 Å². The number of hydrogen-bond acceptors (Lipinski definition) is 2. The normalized spacial score (nSPS) is 22.6. The van der Waals surface area contributed by atoms with Gasteiger partial charge in [0.1, 0.15) is 0 Å². The topological polar surface area (TPSA) is 60.2 Å². The van der Waals surface area contributed by atoms with Crippen molar-refractivity contribution in [3.8, 4) is 0 Å². The molecule has 1 rings (SSSR count). The molecule has 0 radical (unpaired) electrons. The van der Waals surface area contributed by atoms with Gasteiger partial charge in [-0.1, -0.05) is 0 Å². The number of hydrogen-bond donors (Lipinski definition) is 1. The molecule has 0 spiro atoms. The van der Waals surface area contributed by atoms with E-state index in [4.69, 9.17) is 16.7 Å². The van der Waals surface area contributed by atoms with Gasteiger partial charge in [-0.15, -0.1) is 11.6 Å². The molecule has 0 saturated heterocycles. The van der Waals surface area contributed by atoms with E-state index in [0.717, 1.165) is 0 Å². The van der Waals surface area contributed by atoms with Crippen LogP contribution in [0.4, 0.5) is 0 Å². The average Bonchev–Trinajstić information content (AvgIpc) is 2.45. The van der Waals surface area contributed by atoms with Crippen molar-refractivity contribution in [1.29, 1.82) is 0 Å². The largest absolute Gasteiger partial charge is 0.228 e. The zero-order chi connectivity index (χ0) is 7.83. The summed E-state index contributed by atoms with van der Waals surface area (Å²) in [6.07, 6.45) is 1.85. The minimum absolute atomic E-state index is 0.371. The van der Waals surface area contributed by atoms with Crippen LogP contribution in [0.1, 0.15) is 19.3 Å². The van der Waals surface area contributed by atoms with Crippen molar-refractivity contribution >= 4 is 21.6 Å². The lowest BCUT2D eigenvalue weighted by Crippen LogP contribution is -2.30. The molecule has 0 unspecified atom stereocenters. The molecule has 2 N–H and O–H groups in total. The van der Waals surface area contributed by atoms with Gasteiger partial charge in [-0.25, -0.2) is 13.6 Å². The second kappa shape index (κ2) is 2.36. The molecule has 1 aliphatic carbocycles. The van der Waals surface area contributed by atoms with Gasteiger partial charge in [-0.3, -0.25) is 0 Å². The van der Waals surface area contributed by atoms with Crippen molar-refractivity contribution in [3.63, 3.8) is 0 Å². The fraction of sp³-hybridized carbons (Fsp3) is 1.00. The third kappa shape index (κ3) is 1.28. The van der Waals surface area contributed by atoms with E-state index in [1.165, 1.54) is 0 Å². The van der Waals surface area contributed by atoms with Crippen molar-refractivity contribution in [2.75, 3.05) is 5.88 Å². The van der Waals surface area contributed by atoms with Crippen LogP contribution in [0.25, 0.3) is 0 Å². The summed E-state index contributed by atoms with van der Waals surface area (Å²) in [4.78, 5) is 0. The van der Waals surface area contributed by atoms with Crippen LogP contribution >= 0.6 is 11.6 Å². The Morgan fingerprint density at radius 1 is 1.50 bits per heavy atom. The first-order valence-corrected chi connectivity index (χ1v) is 5.18. The lowest BCUT2D eigenvalue weighted by molar-refractivity contribution is 0.575. The molecule has 0 aliphatic heterocycles. The molecule has 0 amide bonds. The summed E-state index contributed by atoms with van der Waals surface area (Å²) in [6, 6.07) is 0. The Morgan fingerprint density at radius 3 is 2.10 bits per heavy atom.